The molecular weight excluding hydrogens is 292 g/mol. The van der Waals surface area contributed by atoms with Gasteiger partial charge in [0.25, 0.3) is 5.91 Å². The number of carbonyl (C=O) groups is 1. The van der Waals surface area contributed by atoms with Crippen molar-refractivity contribution >= 4 is 23.4 Å². The minimum atomic E-state index is 0.0919. The zero-order chi connectivity index (χ0) is 15.7. The van der Waals surface area contributed by atoms with Crippen LogP contribution in [0.3, 0.4) is 0 Å². The number of hydrogen-bond acceptors (Lipinski definition) is 3. The summed E-state index contributed by atoms with van der Waals surface area (Å²) in [6.45, 7) is 3.60. The Morgan fingerprint density at radius 1 is 1.09 bits per heavy atom. The van der Waals surface area contributed by atoms with Crippen LogP contribution in [-0.4, -0.2) is 38.0 Å². The molecular formula is C18H20N2OS. The Bertz CT molecular complexity index is 712. The monoisotopic (exact) mass is 312 g/mol. The summed E-state index contributed by atoms with van der Waals surface area (Å²) >= 11 is 1.68. The van der Waals surface area contributed by atoms with Crippen LogP contribution in [0.4, 0.5) is 5.69 Å². The summed E-state index contributed by atoms with van der Waals surface area (Å²) in [5.74, 6) is 0.0919. The fourth-order valence-corrected chi connectivity index (χ4v) is 3.61. The zero-order valence-corrected chi connectivity index (χ0v) is 14.0. The van der Waals surface area contributed by atoms with Gasteiger partial charge in [-0.25, -0.2) is 0 Å². The first-order chi connectivity index (χ1) is 10.6. The van der Waals surface area contributed by atoms with Crippen molar-refractivity contribution in [3.8, 4) is 0 Å². The third kappa shape index (κ3) is 2.89. The van der Waals surface area contributed by atoms with Crippen LogP contribution in [0.15, 0.2) is 52.3 Å². The first-order valence-electron chi connectivity index (χ1n) is 7.40. The van der Waals surface area contributed by atoms with Gasteiger partial charge in [0.05, 0.1) is 11.3 Å². The Morgan fingerprint density at radius 2 is 1.86 bits per heavy atom. The molecule has 1 heterocycles. The van der Waals surface area contributed by atoms with Gasteiger partial charge in [-0.3, -0.25) is 4.79 Å². The number of hydrogen-bond donors (Lipinski definition) is 0. The lowest BCUT2D eigenvalue weighted by atomic mass is 10.1. The van der Waals surface area contributed by atoms with Crippen molar-refractivity contribution in [1.29, 1.82) is 0 Å². The standard InChI is InChI=1S/C18H20N2OS/c1-13-8-9-17-15(12-13)20(11-10-19(2)3)18(21)14-6-4-5-7-16(14)22-17/h4-9,12H,10-11H2,1-3H3. The Morgan fingerprint density at radius 3 is 2.64 bits per heavy atom. The number of benzene rings is 2. The van der Waals surface area contributed by atoms with E-state index in [0.717, 1.165) is 27.6 Å². The molecule has 0 bridgehead atoms. The highest BCUT2D eigenvalue weighted by atomic mass is 32.2. The van der Waals surface area contributed by atoms with E-state index in [0.29, 0.717) is 6.54 Å². The van der Waals surface area contributed by atoms with E-state index < -0.39 is 0 Å². The molecule has 0 saturated heterocycles. The van der Waals surface area contributed by atoms with Crippen LogP contribution >= 0.6 is 11.8 Å². The van der Waals surface area contributed by atoms with Crippen LogP contribution in [0.1, 0.15) is 15.9 Å². The maximum atomic E-state index is 13.0. The molecule has 0 fully saturated rings. The molecule has 1 aliphatic heterocycles. The molecule has 0 aliphatic carbocycles. The van der Waals surface area contributed by atoms with E-state index in [4.69, 9.17) is 0 Å². The Hall–Kier alpha value is -1.78. The van der Waals surface area contributed by atoms with Gasteiger partial charge in [0.15, 0.2) is 0 Å². The smallest absolute Gasteiger partial charge is 0.259 e. The summed E-state index contributed by atoms with van der Waals surface area (Å²) < 4.78 is 0. The molecule has 114 valence electrons. The molecule has 0 unspecified atom stereocenters. The third-order valence-corrected chi connectivity index (χ3v) is 4.90. The number of anilines is 1. The van der Waals surface area contributed by atoms with Crippen molar-refractivity contribution in [3.05, 3.63) is 53.6 Å². The molecule has 1 aliphatic rings. The summed E-state index contributed by atoms with van der Waals surface area (Å²) in [5, 5.41) is 0. The summed E-state index contributed by atoms with van der Waals surface area (Å²) in [6.07, 6.45) is 0. The molecule has 0 saturated carbocycles. The number of rotatable bonds is 3. The Balaban J connectivity index is 2.10. The third-order valence-electron chi connectivity index (χ3n) is 3.76. The highest BCUT2D eigenvalue weighted by Crippen LogP contribution is 2.41. The molecule has 3 rings (SSSR count). The highest BCUT2D eigenvalue weighted by molar-refractivity contribution is 7.99. The first kappa shape index (κ1) is 15.1. The quantitative estimate of drug-likeness (QED) is 0.864. The van der Waals surface area contributed by atoms with Crippen molar-refractivity contribution in [1.82, 2.24) is 4.90 Å². The predicted molar refractivity (Wildman–Crippen MR) is 92.0 cm³/mol. The lowest BCUT2D eigenvalue weighted by molar-refractivity contribution is 0.0982. The van der Waals surface area contributed by atoms with Crippen LogP contribution in [0, 0.1) is 6.92 Å². The van der Waals surface area contributed by atoms with E-state index in [1.165, 1.54) is 5.56 Å². The first-order valence-corrected chi connectivity index (χ1v) is 8.22. The number of aryl methyl sites for hydroxylation is 1. The van der Waals surface area contributed by atoms with Crippen LogP contribution in [0.25, 0.3) is 0 Å². The molecule has 3 nitrogen and oxygen atoms in total. The van der Waals surface area contributed by atoms with Crippen LogP contribution in [0.5, 0.6) is 0 Å². The average Bonchev–Trinajstić information content (AvgIpc) is 2.60. The van der Waals surface area contributed by atoms with E-state index in [9.17, 15) is 4.79 Å². The fraction of sp³-hybridized carbons (Fsp3) is 0.278. The van der Waals surface area contributed by atoms with Gasteiger partial charge in [0.2, 0.25) is 0 Å². The van der Waals surface area contributed by atoms with E-state index in [-0.39, 0.29) is 5.91 Å². The molecule has 0 N–H and O–H groups in total. The zero-order valence-electron chi connectivity index (χ0n) is 13.2. The van der Waals surface area contributed by atoms with Gasteiger partial charge in [-0.2, -0.15) is 0 Å². The lowest BCUT2D eigenvalue weighted by Crippen LogP contribution is -2.36. The topological polar surface area (TPSA) is 23.6 Å². The Labute approximate surface area is 135 Å². The summed E-state index contributed by atoms with van der Waals surface area (Å²) in [7, 11) is 4.06. The molecule has 0 aromatic heterocycles. The van der Waals surface area contributed by atoms with Gasteiger partial charge in [-0.05, 0) is 50.8 Å². The van der Waals surface area contributed by atoms with Crippen molar-refractivity contribution in [3.63, 3.8) is 0 Å². The Kier molecular flexibility index (Phi) is 4.23. The molecule has 0 atom stereocenters. The minimum absolute atomic E-state index is 0.0919. The van der Waals surface area contributed by atoms with Gasteiger partial charge in [-0.15, -0.1) is 0 Å². The van der Waals surface area contributed by atoms with E-state index in [1.807, 2.05) is 43.3 Å². The predicted octanol–water partition coefficient (Wildman–Crippen LogP) is 3.67. The van der Waals surface area contributed by atoms with Gasteiger partial charge < -0.3 is 9.80 Å². The van der Waals surface area contributed by atoms with Crippen molar-refractivity contribution in [2.24, 2.45) is 0 Å². The summed E-state index contributed by atoms with van der Waals surface area (Å²) in [4.78, 5) is 19.2. The summed E-state index contributed by atoms with van der Waals surface area (Å²) in [5.41, 5.74) is 2.99. The largest absolute Gasteiger partial charge is 0.308 e. The van der Waals surface area contributed by atoms with Crippen molar-refractivity contribution < 1.29 is 4.79 Å². The summed E-state index contributed by atoms with van der Waals surface area (Å²) in [6, 6.07) is 14.2. The van der Waals surface area contributed by atoms with E-state index >= 15 is 0 Å². The number of nitrogens with zero attached hydrogens (tertiary/aromatic N) is 2. The van der Waals surface area contributed by atoms with Crippen LogP contribution < -0.4 is 4.90 Å². The number of fused-ring (bicyclic) bond motifs is 2. The molecule has 1 amide bonds. The van der Waals surface area contributed by atoms with E-state index in [1.54, 1.807) is 11.8 Å². The number of amides is 1. The molecule has 4 heteroatoms. The minimum Gasteiger partial charge on any atom is -0.308 e. The molecule has 2 aromatic rings. The molecule has 0 spiro atoms. The second-order valence-corrected chi connectivity index (χ2v) is 6.91. The molecule has 0 radical (unpaired) electrons. The maximum Gasteiger partial charge on any atom is 0.259 e. The van der Waals surface area contributed by atoms with E-state index in [2.05, 4.69) is 30.0 Å². The average molecular weight is 312 g/mol. The number of likely N-dealkylation sites (N-methyl/N-ethyl adjacent to an activating group) is 1. The second-order valence-electron chi connectivity index (χ2n) is 5.83. The van der Waals surface area contributed by atoms with Gasteiger partial charge in [0.1, 0.15) is 0 Å². The van der Waals surface area contributed by atoms with Crippen LogP contribution in [0.2, 0.25) is 0 Å². The van der Waals surface area contributed by atoms with Gasteiger partial charge >= 0.3 is 0 Å². The molecule has 2 aromatic carbocycles. The fourth-order valence-electron chi connectivity index (χ4n) is 2.55. The normalized spacial score (nSPS) is 13.8. The second kappa shape index (κ2) is 6.15. The van der Waals surface area contributed by atoms with Crippen LogP contribution in [-0.2, 0) is 0 Å². The van der Waals surface area contributed by atoms with Gasteiger partial charge in [-0.1, -0.05) is 30.0 Å². The van der Waals surface area contributed by atoms with Gasteiger partial charge in [0, 0.05) is 22.9 Å². The maximum absolute atomic E-state index is 13.0. The number of carbonyl (C=O) groups excluding carboxylic acids is 1. The highest BCUT2D eigenvalue weighted by Gasteiger charge is 2.26. The molecule has 22 heavy (non-hydrogen) atoms. The van der Waals surface area contributed by atoms with Crippen molar-refractivity contribution in [2.45, 2.75) is 16.7 Å². The SMILES string of the molecule is Cc1ccc2c(c1)N(CCN(C)C)C(=O)c1ccccc1S2. The lowest BCUT2D eigenvalue weighted by Gasteiger charge is -2.25. The van der Waals surface area contributed by atoms with Crippen molar-refractivity contribution in [2.75, 3.05) is 32.1 Å².